The molecule has 0 amide bonds. The molecule has 200 valence electrons. The Morgan fingerprint density at radius 1 is 1.03 bits per heavy atom. The minimum atomic E-state index is -0.570. The van der Waals surface area contributed by atoms with Crippen LogP contribution in [0.4, 0.5) is 4.39 Å². The SMILES string of the molecule is COc1ccccc1CC(=O)CC(=O)Cc1ccc(Oc2ccnc3cc(C4=CCCN(C)C4)sc23)c(F)c1. The van der Waals surface area contributed by atoms with Gasteiger partial charge in [0.05, 0.1) is 23.7 Å². The number of pyridine rings is 1. The smallest absolute Gasteiger partial charge is 0.166 e. The van der Waals surface area contributed by atoms with Crippen molar-refractivity contribution in [3.63, 3.8) is 0 Å². The van der Waals surface area contributed by atoms with Crippen molar-refractivity contribution in [1.29, 1.82) is 0 Å². The number of benzene rings is 2. The van der Waals surface area contributed by atoms with Crippen molar-refractivity contribution in [3.05, 3.63) is 88.7 Å². The molecule has 5 rings (SSSR count). The quantitative estimate of drug-likeness (QED) is 0.219. The molecule has 0 bridgehead atoms. The van der Waals surface area contributed by atoms with E-state index in [1.807, 2.05) is 12.1 Å². The third-order valence-corrected chi connectivity index (χ3v) is 7.84. The number of ketones is 2. The zero-order valence-electron chi connectivity index (χ0n) is 21.9. The molecule has 0 unspecified atom stereocenters. The Bertz CT molecular complexity index is 1560. The predicted octanol–water partition coefficient (Wildman–Crippen LogP) is 6.27. The molecule has 1 aliphatic rings. The topological polar surface area (TPSA) is 68.7 Å². The van der Waals surface area contributed by atoms with E-state index in [-0.39, 0.29) is 36.6 Å². The fraction of sp³-hybridized carbons (Fsp3) is 0.258. The summed E-state index contributed by atoms with van der Waals surface area (Å²) >= 11 is 1.59. The van der Waals surface area contributed by atoms with Crippen molar-refractivity contribution < 1.29 is 23.5 Å². The van der Waals surface area contributed by atoms with Crippen molar-refractivity contribution in [2.75, 3.05) is 27.2 Å². The van der Waals surface area contributed by atoms with Gasteiger partial charge in [0, 0.05) is 48.6 Å². The molecular formula is C31H29FN2O4S. The lowest BCUT2D eigenvalue weighted by Gasteiger charge is -2.22. The highest BCUT2D eigenvalue weighted by molar-refractivity contribution is 7.20. The lowest BCUT2D eigenvalue weighted by Crippen LogP contribution is -2.24. The van der Waals surface area contributed by atoms with Crippen molar-refractivity contribution >= 4 is 38.7 Å². The van der Waals surface area contributed by atoms with E-state index < -0.39 is 5.82 Å². The van der Waals surface area contributed by atoms with E-state index >= 15 is 4.39 Å². The summed E-state index contributed by atoms with van der Waals surface area (Å²) in [5.74, 6) is 0.159. The number of hydrogen-bond donors (Lipinski definition) is 0. The van der Waals surface area contributed by atoms with Gasteiger partial charge in [-0.25, -0.2) is 4.39 Å². The first kappa shape index (κ1) is 26.7. The molecule has 1 aliphatic heterocycles. The summed E-state index contributed by atoms with van der Waals surface area (Å²) in [6, 6.07) is 15.5. The van der Waals surface area contributed by atoms with Crippen LogP contribution in [0.1, 0.15) is 28.8 Å². The Kier molecular flexibility index (Phi) is 8.14. The summed E-state index contributed by atoms with van der Waals surface area (Å²) in [6.45, 7) is 1.92. The molecule has 0 aliphatic carbocycles. The molecule has 39 heavy (non-hydrogen) atoms. The number of thiophene rings is 1. The van der Waals surface area contributed by atoms with Gasteiger partial charge in [0.15, 0.2) is 11.6 Å². The minimum Gasteiger partial charge on any atom is -0.496 e. The number of carbonyl (C=O) groups is 2. The lowest BCUT2D eigenvalue weighted by atomic mass is 10.0. The number of aromatic nitrogens is 1. The van der Waals surface area contributed by atoms with E-state index in [4.69, 9.17) is 9.47 Å². The van der Waals surface area contributed by atoms with Crippen LogP contribution in [-0.4, -0.2) is 48.7 Å². The lowest BCUT2D eigenvalue weighted by molar-refractivity contribution is -0.126. The number of nitrogens with zero attached hydrogens (tertiary/aromatic N) is 2. The van der Waals surface area contributed by atoms with Crippen molar-refractivity contribution in [2.45, 2.75) is 25.7 Å². The molecule has 2 aromatic heterocycles. The summed E-state index contributed by atoms with van der Waals surface area (Å²) in [4.78, 5) is 32.9. The van der Waals surface area contributed by atoms with E-state index in [0.29, 0.717) is 17.1 Å². The largest absolute Gasteiger partial charge is 0.496 e. The van der Waals surface area contributed by atoms with Crippen LogP contribution in [0.25, 0.3) is 15.8 Å². The van der Waals surface area contributed by atoms with E-state index in [9.17, 15) is 9.59 Å². The molecule has 4 aromatic rings. The molecule has 0 radical (unpaired) electrons. The summed E-state index contributed by atoms with van der Waals surface area (Å²) in [5, 5.41) is 0. The Labute approximate surface area is 230 Å². The number of fused-ring (bicyclic) bond motifs is 1. The molecule has 0 fully saturated rings. The van der Waals surface area contributed by atoms with Gasteiger partial charge in [0.2, 0.25) is 0 Å². The molecule has 0 spiro atoms. The summed E-state index contributed by atoms with van der Waals surface area (Å²) < 4.78 is 27.1. The Balaban J connectivity index is 1.24. The van der Waals surface area contributed by atoms with Gasteiger partial charge in [-0.2, -0.15) is 0 Å². The number of Topliss-reactive ketones (excluding diaryl/α,β-unsaturated/α-hetero) is 2. The predicted molar refractivity (Wildman–Crippen MR) is 151 cm³/mol. The van der Waals surface area contributed by atoms with Crippen LogP contribution in [0.2, 0.25) is 0 Å². The first-order chi connectivity index (χ1) is 18.9. The molecule has 3 heterocycles. The van der Waals surface area contributed by atoms with Gasteiger partial charge in [-0.3, -0.25) is 14.6 Å². The van der Waals surface area contributed by atoms with Crippen molar-refractivity contribution in [3.8, 4) is 17.2 Å². The maximum absolute atomic E-state index is 15.0. The molecule has 0 saturated carbocycles. The second-order valence-corrected chi connectivity index (χ2v) is 10.7. The number of halogens is 1. The number of ether oxygens (including phenoxy) is 2. The summed E-state index contributed by atoms with van der Waals surface area (Å²) in [5.41, 5.74) is 3.29. The van der Waals surface area contributed by atoms with Gasteiger partial charge in [0.25, 0.3) is 0 Å². The Morgan fingerprint density at radius 3 is 2.64 bits per heavy atom. The van der Waals surface area contributed by atoms with Crippen LogP contribution >= 0.6 is 11.3 Å². The van der Waals surface area contributed by atoms with Gasteiger partial charge in [0.1, 0.15) is 23.1 Å². The average Bonchev–Trinajstić information content (AvgIpc) is 3.36. The third-order valence-electron chi connectivity index (χ3n) is 6.63. The highest BCUT2D eigenvalue weighted by Gasteiger charge is 2.18. The zero-order valence-corrected chi connectivity index (χ0v) is 22.7. The van der Waals surface area contributed by atoms with Crippen molar-refractivity contribution in [1.82, 2.24) is 9.88 Å². The van der Waals surface area contributed by atoms with Crippen LogP contribution in [0.5, 0.6) is 17.2 Å². The molecule has 0 atom stereocenters. The normalized spacial score (nSPS) is 13.8. The highest BCUT2D eigenvalue weighted by Crippen LogP contribution is 2.38. The van der Waals surface area contributed by atoms with Crippen LogP contribution < -0.4 is 9.47 Å². The zero-order chi connectivity index (χ0) is 27.4. The van der Waals surface area contributed by atoms with E-state index in [1.165, 1.54) is 17.7 Å². The average molecular weight is 545 g/mol. The van der Waals surface area contributed by atoms with Gasteiger partial charge in [-0.05, 0) is 48.9 Å². The first-order valence-corrected chi connectivity index (χ1v) is 13.6. The molecule has 8 heteroatoms. The number of likely N-dealkylation sites (N-methyl/N-ethyl adjacent to an activating group) is 1. The Hall–Kier alpha value is -3.88. The van der Waals surface area contributed by atoms with Gasteiger partial charge < -0.3 is 14.4 Å². The van der Waals surface area contributed by atoms with Crippen LogP contribution in [0.3, 0.4) is 0 Å². The number of methoxy groups -OCH3 is 1. The standard InChI is InChI=1S/C31H29FN2O4S/c1-34-13-5-7-22(19-34)30-18-26-31(39-30)29(11-12-33-26)38-28-10-9-20(15-25(28)32)14-23(35)17-24(36)16-21-6-3-4-8-27(21)37-2/h3-4,6-12,15,18H,5,13-14,16-17,19H2,1-2H3. The third kappa shape index (κ3) is 6.41. The molecule has 0 N–H and O–H groups in total. The van der Waals surface area contributed by atoms with Gasteiger partial charge in [-0.15, -0.1) is 11.3 Å². The Morgan fingerprint density at radius 2 is 1.85 bits per heavy atom. The summed E-state index contributed by atoms with van der Waals surface area (Å²) in [6.07, 6.45) is 4.77. The molecule has 6 nitrogen and oxygen atoms in total. The number of hydrogen-bond acceptors (Lipinski definition) is 7. The van der Waals surface area contributed by atoms with E-state index in [2.05, 4.69) is 29.1 Å². The second kappa shape index (κ2) is 11.9. The fourth-order valence-electron chi connectivity index (χ4n) is 4.72. The second-order valence-electron chi connectivity index (χ2n) is 9.68. The van der Waals surface area contributed by atoms with E-state index in [0.717, 1.165) is 40.2 Å². The maximum atomic E-state index is 15.0. The first-order valence-electron chi connectivity index (χ1n) is 12.8. The van der Waals surface area contributed by atoms with Gasteiger partial charge in [-0.1, -0.05) is 30.3 Å². The monoisotopic (exact) mass is 544 g/mol. The molecular weight excluding hydrogens is 515 g/mol. The molecule has 0 saturated heterocycles. The summed E-state index contributed by atoms with van der Waals surface area (Å²) in [7, 11) is 3.65. The number of carbonyl (C=O) groups excluding carboxylic acids is 2. The van der Waals surface area contributed by atoms with Gasteiger partial charge >= 0.3 is 0 Å². The van der Waals surface area contributed by atoms with Crippen LogP contribution in [-0.2, 0) is 22.4 Å². The number of rotatable bonds is 10. The van der Waals surface area contributed by atoms with Crippen LogP contribution in [0, 0.1) is 5.82 Å². The fourth-order valence-corrected chi connectivity index (χ4v) is 5.81. The van der Waals surface area contributed by atoms with Crippen LogP contribution in [0.15, 0.2) is 66.9 Å². The number of para-hydroxylation sites is 1. The van der Waals surface area contributed by atoms with E-state index in [1.54, 1.807) is 48.9 Å². The highest BCUT2D eigenvalue weighted by atomic mass is 32.1. The maximum Gasteiger partial charge on any atom is 0.166 e. The molecule has 2 aromatic carbocycles. The van der Waals surface area contributed by atoms with Crippen molar-refractivity contribution in [2.24, 2.45) is 0 Å². The minimum absolute atomic E-state index is 0.0355.